The molecule has 0 saturated heterocycles. The first kappa shape index (κ1) is 23.9. The summed E-state index contributed by atoms with van der Waals surface area (Å²) in [6.07, 6.45) is 2.07. The van der Waals surface area contributed by atoms with Gasteiger partial charge in [-0.15, -0.1) is 0 Å². The van der Waals surface area contributed by atoms with E-state index in [1.807, 2.05) is 51.3 Å². The number of nitrogens with zero attached hydrogens (tertiary/aromatic N) is 3. The number of carbonyl (C=O) groups is 1. The first-order valence-electron chi connectivity index (χ1n) is 12.8. The smallest absolute Gasteiger partial charge is 0.340 e. The molecule has 1 aliphatic heterocycles. The van der Waals surface area contributed by atoms with Crippen molar-refractivity contribution in [2.24, 2.45) is 0 Å². The second-order valence-electron chi connectivity index (χ2n) is 10.3. The van der Waals surface area contributed by atoms with E-state index in [0.717, 1.165) is 50.4 Å². The molecule has 2 aromatic heterocycles. The molecule has 0 saturated carbocycles. The fourth-order valence-corrected chi connectivity index (χ4v) is 5.73. The SMILES string of the molecule is Cc1c(-c2ccccc2)c(C2(c3ccc(N(C)C)cc3)OC(=O)c3cc(N(C)C)ccc32)n2ccccc12. The van der Waals surface area contributed by atoms with Crippen molar-refractivity contribution in [3.8, 4) is 11.1 Å². The molecule has 1 aliphatic rings. The zero-order valence-electron chi connectivity index (χ0n) is 22.4. The van der Waals surface area contributed by atoms with Gasteiger partial charge >= 0.3 is 5.97 Å². The Morgan fingerprint density at radius 1 is 0.763 bits per heavy atom. The van der Waals surface area contributed by atoms with E-state index < -0.39 is 5.60 Å². The number of fused-ring (bicyclic) bond motifs is 2. The highest BCUT2D eigenvalue weighted by Gasteiger charge is 2.52. The van der Waals surface area contributed by atoms with Crippen molar-refractivity contribution < 1.29 is 9.53 Å². The van der Waals surface area contributed by atoms with E-state index in [1.54, 1.807) is 0 Å². The molecule has 5 heteroatoms. The van der Waals surface area contributed by atoms with Crippen LogP contribution in [0.5, 0.6) is 0 Å². The van der Waals surface area contributed by atoms with Crippen LogP contribution in [-0.4, -0.2) is 38.6 Å². The summed E-state index contributed by atoms with van der Waals surface area (Å²) < 4.78 is 8.81. The summed E-state index contributed by atoms with van der Waals surface area (Å²) in [5.74, 6) is -0.317. The van der Waals surface area contributed by atoms with Gasteiger partial charge < -0.3 is 18.9 Å². The number of benzene rings is 3. The minimum Gasteiger partial charge on any atom is -0.439 e. The van der Waals surface area contributed by atoms with Gasteiger partial charge in [-0.2, -0.15) is 0 Å². The molecule has 3 heterocycles. The predicted octanol–water partition coefficient (Wildman–Crippen LogP) is 6.51. The molecule has 0 amide bonds. The largest absolute Gasteiger partial charge is 0.439 e. The summed E-state index contributed by atoms with van der Waals surface area (Å²) in [6.45, 7) is 2.15. The topological polar surface area (TPSA) is 37.2 Å². The van der Waals surface area contributed by atoms with Gasteiger partial charge in [0.2, 0.25) is 5.60 Å². The van der Waals surface area contributed by atoms with Gasteiger partial charge in [0, 0.05) is 68.0 Å². The molecule has 0 aliphatic carbocycles. The maximum absolute atomic E-state index is 13.7. The molecule has 38 heavy (non-hydrogen) atoms. The van der Waals surface area contributed by atoms with Crippen molar-refractivity contribution in [2.75, 3.05) is 38.0 Å². The van der Waals surface area contributed by atoms with Gasteiger partial charge in [0.25, 0.3) is 0 Å². The summed E-state index contributed by atoms with van der Waals surface area (Å²) in [4.78, 5) is 17.8. The monoisotopic (exact) mass is 501 g/mol. The van der Waals surface area contributed by atoms with E-state index in [2.05, 4.69) is 95.2 Å². The van der Waals surface area contributed by atoms with E-state index >= 15 is 0 Å². The number of pyridine rings is 1. The predicted molar refractivity (Wildman–Crippen MR) is 154 cm³/mol. The Morgan fingerprint density at radius 3 is 2.11 bits per heavy atom. The van der Waals surface area contributed by atoms with Crippen LogP contribution >= 0.6 is 0 Å². The van der Waals surface area contributed by atoms with Crippen LogP contribution in [0.4, 0.5) is 11.4 Å². The average molecular weight is 502 g/mol. The quantitative estimate of drug-likeness (QED) is 0.257. The third-order valence-electron chi connectivity index (χ3n) is 7.65. The number of aromatic nitrogens is 1. The number of esters is 1. The molecule has 0 N–H and O–H groups in total. The Labute approximate surface area is 223 Å². The molecule has 1 unspecified atom stereocenters. The maximum Gasteiger partial charge on any atom is 0.340 e. The number of aryl methyl sites for hydroxylation is 1. The van der Waals surface area contributed by atoms with Gasteiger partial charge in [-0.05, 0) is 54.4 Å². The lowest BCUT2D eigenvalue weighted by atomic mass is 9.79. The van der Waals surface area contributed by atoms with Gasteiger partial charge in [0.1, 0.15) is 0 Å². The van der Waals surface area contributed by atoms with Gasteiger partial charge in [-0.25, -0.2) is 4.79 Å². The molecule has 190 valence electrons. The summed E-state index contributed by atoms with van der Waals surface area (Å²) in [5, 5.41) is 0. The average Bonchev–Trinajstić information content (AvgIpc) is 3.40. The van der Waals surface area contributed by atoms with Crippen molar-refractivity contribution in [1.82, 2.24) is 4.40 Å². The van der Waals surface area contributed by atoms with Crippen LogP contribution in [0, 0.1) is 6.92 Å². The molecular formula is C33H31N3O2. The van der Waals surface area contributed by atoms with Crippen LogP contribution < -0.4 is 9.80 Å². The highest BCUT2D eigenvalue weighted by molar-refractivity contribution is 5.98. The van der Waals surface area contributed by atoms with Crippen LogP contribution in [0.2, 0.25) is 0 Å². The zero-order valence-corrected chi connectivity index (χ0v) is 22.4. The minimum atomic E-state index is -1.13. The number of carbonyl (C=O) groups excluding carboxylic acids is 1. The normalized spacial score (nSPS) is 16.4. The Balaban J connectivity index is 1.76. The molecular weight excluding hydrogens is 470 g/mol. The Hall–Kier alpha value is -4.51. The lowest BCUT2D eigenvalue weighted by Crippen LogP contribution is -2.32. The number of cyclic esters (lactones) is 1. The molecule has 6 rings (SSSR count). The zero-order chi connectivity index (χ0) is 26.6. The van der Waals surface area contributed by atoms with E-state index in [0.29, 0.717) is 5.56 Å². The molecule has 0 bridgehead atoms. The molecule has 5 nitrogen and oxygen atoms in total. The van der Waals surface area contributed by atoms with Crippen molar-refractivity contribution in [1.29, 1.82) is 0 Å². The highest BCUT2D eigenvalue weighted by Crippen LogP contribution is 2.52. The fourth-order valence-electron chi connectivity index (χ4n) is 5.73. The van der Waals surface area contributed by atoms with Crippen molar-refractivity contribution in [2.45, 2.75) is 12.5 Å². The third kappa shape index (κ3) is 3.42. The standard InChI is InChI=1S/C33H31N3O2/c1-22-29-13-9-10-20-36(29)31(30(22)23-11-7-6-8-12-23)33(24-14-16-25(17-15-24)34(2)3)28-19-18-26(35(4)5)21-27(28)32(37)38-33/h6-21H,1-5H3. The fraction of sp³-hybridized carbons (Fsp3) is 0.182. The van der Waals surface area contributed by atoms with Crippen LogP contribution in [0.25, 0.3) is 16.6 Å². The third-order valence-corrected chi connectivity index (χ3v) is 7.65. The van der Waals surface area contributed by atoms with Crippen LogP contribution in [0.1, 0.15) is 32.7 Å². The number of rotatable bonds is 5. The number of anilines is 2. The Morgan fingerprint density at radius 2 is 1.42 bits per heavy atom. The highest BCUT2D eigenvalue weighted by atomic mass is 16.6. The number of hydrogen-bond acceptors (Lipinski definition) is 4. The van der Waals surface area contributed by atoms with E-state index in [4.69, 9.17) is 4.74 Å². The molecule has 0 fully saturated rings. The second kappa shape index (κ2) is 8.80. The molecule has 0 radical (unpaired) electrons. The molecule has 0 spiro atoms. The summed E-state index contributed by atoms with van der Waals surface area (Å²) in [6, 6.07) is 31.0. The first-order valence-corrected chi connectivity index (χ1v) is 12.8. The minimum absolute atomic E-state index is 0.317. The second-order valence-corrected chi connectivity index (χ2v) is 10.3. The molecule has 3 aromatic carbocycles. The van der Waals surface area contributed by atoms with Gasteiger partial charge in [0.15, 0.2) is 0 Å². The van der Waals surface area contributed by atoms with Crippen LogP contribution in [0.15, 0.2) is 97.2 Å². The van der Waals surface area contributed by atoms with E-state index in [-0.39, 0.29) is 5.97 Å². The first-order chi connectivity index (χ1) is 18.3. The summed E-state index contributed by atoms with van der Waals surface area (Å²) in [5.41, 5.74) is 8.58. The molecule has 5 aromatic rings. The number of ether oxygens (including phenoxy) is 1. The maximum atomic E-state index is 13.7. The van der Waals surface area contributed by atoms with Crippen molar-refractivity contribution in [3.63, 3.8) is 0 Å². The van der Waals surface area contributed by atoms with Gasteiger partial charge in [-0.3, -0.25) is 0 Å². The lowest BCUT2D eigenvalue weighted by Gasteiger charge is -2.32. The summed E-state index contributed by atoms with van der Waals surface area (Å²) in [7, 11) is 8.01. The molecule has 1 atom stereocenters. The number of hydrogen-bond donors (Lipinski definition) is 0. The van der Waals surface area contributed by atoms with Crippen LogP contribution in [0.3, 0.4) is 0 Å². The Bertz CT molecular complexity index is 1670. The van der Waals surface area contributed by atoms with Gasteiger partial charge in [0.05, 0.1) is 11.3 Å². The van der Waals surface area contributed by atoms with Gasteiger partial charge in [-0.1, -0.05) is 54.6 Å². The van der Waals surface area contributed by atoms with Crippen molar-refractivity contribution >= 4 is 22.9 Å². The Kier molecular flexibility index (Phi) is 5.53. The van der Waals surface area contributed by atoms with E-state index in [9.17, 15) is 4.79 Å². The lowest BCUT2D eigenvalue weighted by molar-refractivity contribution is 0.0238. The van der Waals surface area contributed by atoms with Crippen LogP contribution in [-0.2, 0) is 10.3 Å². The van der Waals surface area contributed by atoms with Crippen molar-refractivity contribution in [3.05, 3.63) is 125 Å². The summed E-state index contributed by atoms with van der Waals surface area (Å²) >= 11 is 0. The van der Waals surface area contributed by atoms with E-state index in [1.165, 1.54) is 0 Å².